The van der Waals surface area contributed by atoms with Crippen molar-refractivity contribution < 1.29 is 19.1 Å². The Bertz CT molecular complexity index is 468. The normalized spacial score (nSPS) is 11.6. The second kappa shape index (κ2) is 22.9. The van der Waals surface area contributed by atoms with Gasteiger partial charge in [0.25, 0.3) is 0 Å². The molecule has 4 heteroatoms. The highest BCUT2D eigenvalue weighted by atomic mass is 16.5. The first kappa shape index (κ1) is 30.7. The van der Waals surface area contributed by atoms with Gasteiger partial charge in [-0.3, -0.25) is 9.59 Å². The van der Waals surface area contributed by atoms with Crippen LogP contribution in [0.5, 0.6) is 0 Å². The SMILES string of the molecule is CC(C)COC(=O)CCCCCCC/C=C/CCCCCCCCCC(=O)OCC(C)C. The molecular weight excluding hydrogens is 400 g/mol. The van der Waals surface area contributed by atoms with Gasteiger partial charge in [0.2, 0.25) is 0 Å². The number of ether oxygens (including phenoxy) is 2. The number of carbonyl (C=O) groups is 2. The predicted octanol–water partition coefficient (Wildman–Crippen LogP) is 8.18. The standard InChI is InChI=1S/C28H52O4/c1-25(2)23-31-27(29)21-19-17-15-13-11-9-7-5-6-8-10-12-14-16-18-20-22-28(30)32-24-26(3)4/h5,7,25-26H,6,8-24H2,1-4H3/b7-5+. The van der Waals surface area contributed by atoms with Crippen LogP contribution in [0.15, 0.2) is 12.2 Å². The minimum absolute atomic E-state index is 0.0374. The average Bonchev–Trinajstić information content (AvgIpc) is 2.75. The van der Waals surface area contributed by atoms with E-state index in [0.717, 1.165) is 25.7 Å². The molecule has 0 radical (unpaired) electrons. The molecule has 0 rings (SSSR count). The number of hydrogen-bond acceptors (Lipinski definition) is 4. The summed E-state index contributed by atoms with van der Waals surface area (Å²) in [6.07, 6.45) is 22.5. The third-order valence-electron chi connectivity index (χ3n) is 5.33. The number of unbranched alkanes of at least 4 members (excludes halogenated alkanes) is 12. The van der Waals surface area contributed by atoms with Gasteiger partial charge in [0.1, 0.15) is 0 Å². The zero-order valence-corrected chi connectivity index (χ0v) is 21.7. The van der Waals surface area contributed by atoms with Gasteiger partial charge in [0.05, 0.1) is 13.2 Å². The molecule has 0 unspecified atom stereocenters. The Labute approximate surface area is 198 Å². The third-order valence-corrected chi connectivity index (χ3v) is 5.33. The molecule has 32 heavy (non-hydrogen) atoms. The zero-order valence-electron chi connectivity index (χ0n) is 21.7. The summed E-state index contributed by atoms with van der Waals surface area (Å²) in [6.45, 7) is 9.33. The summed E-state index contributed by atoms with van der Waals surface area (Å²) in [6, 6.07) is 0. The highest BCUT2D eigenvalue weighted by Crippen LogP contribution is 2.12. The largest absolute Gasteiger partial charge is 0.465 e. The van der Waals surface area contributed by atoms with E-state index in [1.54, 1.807) is 0 Å². The molecule has 0 atom stereocenters. The molecule has 0 aromatic carbocycles. The molecule has 0 aromatic rings. The molecule has 0 saturated carbocycles. The summed E-state index contributed by atoms with van der Waals surface area (Å²) < 4.78 is 10.4. The quantitative estimate of drug-likeness (QED) is 0.0943. The Balaban J connectivity index is 3.25. The molecule has 0 N–H and O–H groups in total. The van der Waals surface area contributed by atoms with E-state index in [9.17, 15) is 9.59 Å². The van der Waals surface area contributed by atoms with E-state index in [1.807, 2.05) is 0 Å². The Morgan fingerprint density at radius 3 is 1.19 bits per heavy atom. The van der Waals surface area contributed by atoms with Crippen molar-refractivity contribution in [3.8, 4) is 0 Å². The summed E-state index contributed by atoms with van der Waals surface area (Å²) in [5.41, 5.74) is 0. The minimum Gasteiger partial charge on any atom is -0.465 e. The van der Waals surface area contributed by atoms with E-state index in [0.29, 0.717) is 37.9 Å². The highest BCUT2D eigenvalue weighted by Gasteiger charge is 2.04. The average molecular weight is 453 g/mol. The van der Waals surface area contributed by atoms with Crippen LogP contribution in [0.1, 0.15) is 130 Å². The van der Waals surface area contributed by atoms with E-state index < -0.39 is 0 Å². The summed E-state index contributed by atoms with van der Waals surface area (Å²) in [4.78, 5) is 23.0. The van der Waals surface area contributed by atoms with Crippen molar-refractivity contribution in [2.45, 2.75) is 130 Å². The molecule has 0 spiro atoms. The summed E-state index contributed by atoms with van der Waals surface area (Å²) in [7, 11) is 0. The number of rotatable bonds is 22. The molecule has 0 amide bonds. The van der Waals surface area contributed by atoms with Crippen molar-refractivity contribution in [3.63, 3.8) is 0 Å². The molecule has 188 valence electrons. The maximum atomic E-state index is 11.5. The highest BCUT2D eigenvalue weighted by molar-refractivity contribution is 5.69. The maximum absolute atomic E-state index is 11.5. The van der Waals surface area contributed by atoms with Crippen molar-refractivity contribution in [2.75, 3.05) is 13.2 Å². The fraction of sp³-hybridized carbons (Fsp3) is 0.857. The fourth-order valence-corrected chi connectivity index (χ4v) is 3.38. The van der Waals surface area contributed by atoms with Gasteiger partial charge in [-0.1, -0.05) is 91.2 Å². The second-order valence-electron chi connectivity index (χ2n) is 9.95. The van der Waals surface area contributed by atoms with Crippen LogP contribution in [0.25, 0.3) is 0 Å². The van der Waals surface area contributed by atoms with Crippen LogP contribution in [0.4, 0.5) is 0 Å². The second-order valence-corrected chi connectivity index (χ2v) is 9.95. The minimum atomic E-state index is -0.0410. The molecule has 4 nitrogen and oxygen atoms in total. The van der Waals surface area contributed by atoms with Crippen molar-refractivity contribution in [2.24, 2.45) is 11.8 Å². The van der Waals surface area contributed by atoms with Crippen LogP contribution in [0.3, 0.4) is 0 Å². The molecule has 0 fully saturated rings. The molecule has 0 saturated heterocycles. The van der Waals surface area contributed by atoms with Crippen molar-refractivity contribution in [1.82, 2.24) is 0 Å². The smallest absolute Gasteiger partial charge is 0.305 e. The number of carbonyl (C=O) groups excluding carboxylic acids is 2. The van der Waals surface area contributed by atoms with Crippen LogP contribution >= 0.6 is 0 Å². The first-order valence-corrected chi connectivity index (χ1v) is 13.4. The first-order valence-electron chi connectivity index (χ1n) is 13.4. The van der Waals surface area contributed by atoms with Gasteiger partial charge >= 0.3 is 11.9 Å². The lowest BCUT2D eigenvalue weighted by Crippen LogP contribution is -2.09. The van der Waals surface area contributed by atoms with Crippen LogP contribution < -0.4 is 0 Å². The molecule has 0 aliphatic rings. The predicted molar refractivity (Wildman–Crippen MR) is 135 cm³/mol. The van der Waals surface area contributed by atoms with Crippen LogP contribution in [-0.4, -0.2) is 25.2 Å². The number of esters is 2. The topological polar surface area (TPSA) is 52.6 Å². The summed E-state index contributed by atoms with van der Waals surface area (Å²) in [5, 5.41) is 0. The Morgan fingerprint density at radius 2 is 0.844 bits per heavy atom. The molecule has 0 aromatic heterocycles. The van der Waals surface area contributed by atoms with E-state index in [4.69, 9.17) is 9.47 Å². The van der Waals surface area contributed by atoms with E-state index >= 15 is 0 Å². The van der Waals surface area contributed by atoms with E-state index in [2.05, 4.69) is 39.8 Å². The number of hydrogen-bond donors (Lipinski definition) is 0. The first-order chi connectivity index (χ1) is 15.4. The summed E-state index contributed by atoms with van der Waals surface area (Å²) >= 11 is 0. The molecular formula is C28H52O4. The van der Waals surface area contributed by atoms with Crippen molar-refractivity contribution in [1.29, 1.82) is 0 Å². The lowest BCUT2D eigenvalue weighted by atomic mass is 10.1. The third kappa shape index (κ3) is 24.9. The Morgan fingerprint density at radius 1 is 0.531 bits per heavy atom. The van der Waals surface area contributed by atoms with Crippen molar-refractivity contribution in [3.05, 3.63) is 12.2 Å². The monoisotopic (exact) mass is 452 g/mol. The van der Waals surface area contributed by atoms with Crippen LogP contribution in [-0.2, 0) is 19.1 Å². The zero-order chi connectivity index (χ0) is 23.9. The van der Waals surface area contributed by atoms with Crippen LogP contribution in [0, 0.1) is 11.8 Å². The maximum Gasteiger partial charge on any atom is 0.305 e. The number of allylic oxidation sites excluding steroid dienone is 2. The molecule has 0 bridgehead atoms. The van der Waals surface area contributed by atoms with Gasteiger partial charge in [-0.05, 0) is 50.4 Å². The van der Waals surface area contributed by atoms with Gasteiger partial charge < -0.3 is 9.47 Å². The Hall–Kier alpha value is -1.32. The van der Waals surface area contributed by atoms with Gasteiger partial charge in [-0.25, -0.2) is 0 Å². The van der Waals surface area contributed by atoms with Gasteiger partial charge in [0.15, 0.2) is 0 Å². The van der Waals surface area contributed by atoms with Crippen molar-refractivity contribution >= 4 is 11.9 Å². The fourth-order valence-electron chi connectivity index (χ4n) is 3.38. The lowest BCUT2D eigenvalue weighted by molar-refractivity contribution is -0.145. The van der Waals surface area contributed by atoms with Gasteiger partial charge in [-0.15, -0.1) is 0 Å². The van der Waals surface area contributed by atoms with E-state index in [1.165, 1.54) is 64.2 Å². The molecule has 0 heterocycles. The lowest BCUT2D eigenvalue weighted by Gasteiger charge is -2.06. The van der Waals surface area contributed by atoms with Gasteiger partial charge in [-0.2, -0.15) is 0 Å². The van der Waals surface area contributed by atoms with Crippen LogP contribution in [0.2, 0.25) is 0 Å². The molecule has 0 aliphatic carbocycles. The molecule has 0 aliphatic heterocycles. The van der Waals surface area contributed by atoms with E-state index in [-0.39, 0.29) is 11.9 Å². The Kier molecular flexibility index (Phi) is 21.9. The van der Waals surface area contributed by atoms with Gasteiger partial charge in [0, 0.05) is 12.8 Å². The summed E-state index contributed by atoms with van der Waals surface area (Å²) in [5.74, 6) is 0.759.